The maximum absolute atomic E-state index is 12.8. The molecule has 0 bridgehead atoms. The van der Waals surface area contributed by atoms with Gasteiger partial charge in [0.05, 0.1) is 5.41 Å². The molecule has 1 heterocycles. The summed E-state index contributed by atoms with van der Waals surface area (Å²) >= 11 is 0. The first-order valence-electron chi connectivity index (χ1n) is 8.39. The first-order valence-corrected chi connectivity index (χ1v) is 8.39. The Morgan fingerprint density at radius 1 is 1.04 bits per heavy atom. The number of hydrazine groups is 1. The zero-order chi connectivity index (χ0) is 19.2. The van der Waals surface area contributed by atoms with E-state index in [4.69, 9.17) is 4.74 Å². The fourth-order valence-electron chi connectivity index (χ4n) is 3.03. The number of nitrogens with one attached hydrogen (secondary N) is 2. The highest BCUT2D eigenvalue weighted by atomic mass is 16.5. The number of esters is 1. The molecule has 26 heavy (non-hydrogen) atoms. The van der Waals surface area contributed by atoms with Crippen molar-refractivity contribution in [3.8, 4) is 0 Å². The summed E-state index contributed by atoms with van der Waals surface area (Å²) in [5.41, 5.74) is 4.18. The molecule has 3 amide bonds. The van der Waals surface area contributed by atoms with E-state index < -0.39 is 29.8 Å². The van der Waals surface area contributed by atoms with E-state index in [9.17, 15) is 19.2 Å². The fourth-order valence-corrected chi connectivity index (χ4v) is 3.03. The van der Waals surface area contributed by atoms with Gasteiger partial charge >= 0.3 is 5.97 Å². The lowest BCUT2D eigenvalue weighted by Crippen LogP contribution is -2.50. The van der Waals surface area contributed by atoms with Crippen molar-refractivity contribution in [2.24, 2.45) is 0 Å². The van der Waals surface area contributed by atoms with E-state index >= 15 is 0 Å². The third-order valence-corrected chi connectivity index (χ3v) is 4.49. The van der Waals surface area contributed by atoms with Gasteiger partial charge in [0, 0.05) is 26.9 Å². The summed E-state index contributed by atoms with van der Waals surface area (Å²) < 4.78 is 5.22. The number of nitrogens with zero attached hydrogens (tertiary/aromatic N) is 1. The minimum Gasteiger partial charge on any atom is -0.455 e. The van der Waals surface area contributed by atoms with Crippen molar-refractivity contribution in [3.05, 3.63) is 35.9 Å². The van der Waals surface area contributed by atoms with Crippen LogP contribution in [0.4, 0.5) is 0 Å². The SMILES string of the molecule is CC(=O)NNC(=O)COC(=O)C1(c2ccccc2)CCN(C(C)=O)CC1. The van der Waals surface area contributed by atoms with Gasteiger partial charge in [-0.2, -0.15) is 0 Å². The monoisotopic (exact) mass is 361 g/mol. The second kappa shape index (κ2) is 8.46. The molecular weight excluding hydrogens is 338 g/mol. The summed E-state index contributed by atoms with van der Waals surface area (Å²) in [7, 11) is 0. The molecule has 0 aromatic heterocycles. The molecule has 1 aromatic rings. The van der Waals surface area contributed by atoms with Crippen LogP contribution in [0.1, 0.15) is 32.3 Å². The molecular formula is C18H23N3O5. The molecule has 0 aliphatic carbocycles. The Labute approximate surface area is 151 Å². The van der Waals surface area contributed by atoms with Gasteiger partial charge in [-0.25, -0.2) is 0 Å². The van der Waals surface area contributed by atoms with Gasteiger partial charge in [0.25, 0.3) is 5.91 Å². The summed E-state index contributed by atoms with van der Waals surface area (Å²) in [6.07, 6.45) is 0.839. The fraction of sp³-hybridized carbons (Fsp3) is 0.444. The number of carbonyl (C=O) groups is 4. The predicted molar refractivity (Wildman–Crippen MR) is 92.5 cm³/mol. The molecule has 0 saturated carbocycles. The Bertz CT molecular complexity index is 681. The minimum atomic E-state index is -0.901. The molecule has 1 aliphatic rings. The molecule has 0 atom stereocenters. The molecule has 1 saturated heterocycles. The van der Waals surface area contributed by atoms with Crippen molar-refractivity contribution >= 4 is 23.7 Å². The lowest BCUT2D eigenvalue weighted by molar-refractivity contribution is -0.157. The highest BCUT2D eigenvalue weighted by Crippen LogP contribution is 2.36. The van der Waals surface area contributed by atoms with Crippen LogP contribution in [0.3, 0.4) is 0 Å². The second-order valence-corrected chi connectivity index (χ2v) is 6.26. The smallest absolute Gasteiger partial charge is 0.317 e. The zero-order valence-corrected chi connectivity index (χ0v) is 14.9. The van der Waals surface area contributed by atoms with Crippen molar-refractivity contribution < 1.29 is 23.9 Å². The predicted octanol–water partition coefficient (Wildman–Crippen LogP) is 0.277. The van der Waals surface area contributed by atoms with Gasteiger partial charge in [-0.1, -0.05) is 30.3 Å². The Kier molecular flexibility index (Phi) is 6.32. The molecule has 8 heteroatoms. The number of benzene rings is 1. The van der Waals surface area contributed by atoms with Crippen LogP contribution >= 0.6 is 0 Å². The maximum atomic E-state index is 12.8. The Morgan fingerprint density at radius 2 is 1.65 bits per heavy atom. The number of piperidine rings is 1. The van der Waals surface area contributed by atoms with Gasteiger partial charge in [0.2, 0.25) is 11.8 Å². The van der Waals surface area contributed by atoms with Crippen molar-refractivity contribution in [1.82, 2.24) is 15.8 Å². The van der Waals surface area contributed by atoms with Crippen LogP contribution in [0.2, 0.25) is 0 Å². The minimum absolute atomic E-state index is 0.0327. The molecule has 1 aromatic carbocycles. The summed E-state index contributed by atoms with van der Waals surface area (Å²) in [4.78, 5) is 48.6. The third kappa shape index (κ3) is 4.59. The van der Waals surface area contributed by atoms with Crippen LogP contribution < -0.4 is 10.9 Å². The summed E-state index contributed by atoms with van der Waals surface area (Å²) in [6.45, 7) is 3.14. The van der Waals surface area contributed by atoms with Gasteiger partial charge in [0.15, 0.2) is 6.61 Å². The van der Waals surface area contributed by atoms with E-state index in [1.54, 1.807) is 4.90 Å². The van der Waals surface area contributed by atoms with E-state index in [0.29, 0.717) is 25.9 Å². The number of amides is 3. The Hall–Kier alpha value is -2.90. The maximum Gasteiger partial charge on any atom is 0.317 e. The summed E-state index contributed by atoms with van der Waals surface area (Å²) in [5, 5.41) is 0. The van der Waals surface area contributed by atoms with Crippen molar-refractivity contribution in [2.45, 2.75) is 32.1 Å². The topological polar surface area (TPSA) is 105 Å². The normalized spacial score (nSPS) is 15.7. The van der Waals surface area contributed by atoms with Crippen molar-refractivity contribution in [2.75, 3.05) is 19.7 Å². The van der Waals surface area contributed by atoms with Gasteiger partial charge in [-0.05, 0) is 18.4 Å². The van der Waals surface area contributed by atoms with E-state index in [1.807, 2.05) is 30.3 Å². The molecule has 0 spiro atoms. The van der Waals surface area contributed by atoms with Crippen molar-refractivity contribution in [1.29, 1.82) is 0 Å². The molecule has 0 unspecified atom stereocenters. The van der Waals surface area contributed by atoms with Crippen LogP contribution in [-0.2, 0) is 29.3 Å². The number of rotatable bonds is 4. The summed E-state index contributed by atoms with van der Waals surface area (Å²) in [5.74, 6) is -1.60. The molecule has 1 fully saturated rings. The highest BCUT2D eigenvalue weighted by molar-refractivity contribution is 5.87. The average molecular weight is 361 g/mol. The lowest BCUT2D eigenvalue weighted by Gasteiger charge is -2.40. The summed E-state index contributed by atoms with van der Waals surface area (Å²) in [6, 6.07) is 9.23. The first kappa shape index (κ1) is 19.4. The second-order valence-electron chi connectivity index (χ2n) is 6.26. The quantitative estimate of drug-likeness (QED) is 0.592. The van der Waals surface area contributed by atoms with Gasteiger partial charge in [-0.3, -0.25) is 30.0 Å². The van der Waals surface area contributed by atoms with Crippen LogP contribution in [0.25, 0.3) is 0 Å². The standard InChI is InChI=1S/C18H23N3O5/c1-13(22)19-20-16(24)12-26-17(25)18(15-6-4-3-5-7-15)8-10-21(11-9-18)14(2)23/h3-7H,8-12H2,1-2H3,(H,19,22)(H,20,24). The molecule has 2 N–H and O–H groups in total. The molecule has 1 aliphatic heterocycles. The first-order chi connectivity index (χ1) is 12.3. The molecule has 2 rings (SSSR count). The largest absolute Gasteiger partial charge is 0.455 e. The molecule has 140 valence electrons. The number of carbonyl (C=O) groups excluding carboxylic acids is 4. The van der Waals surface area contributed by atoms with Crippen molar-refractivity contribution in [3.63, 3.8) is 0 Å². The van der Waals surface area contributed by atoms with E-state index in [0.717, 1.165) is 5.56 Å². The third-order valence-electron chi connectivity index (χ3n) is 4.49. The zero-order valence-electron chi connectivity index (χ0n) is 14.9. The number of hydrogen-bond acceptors (Lipinski definition) is 5. The number of hydrogen-bond donors (Lipinski definition) is 2. The van der Waals surface area contributed by atoms with Crippen LogP contribution in [0.15, 0.2) is 30.3 Å². The average Bonchev–Trinajstić information content (AvgIpc) is 2.65. The van der Waals surface area contributed by atoms with E-state index in [-0.39, 0.29) is 5.91 Å². The Morgan fingerprint density at radius 3 is 2.19 bits per heavy atom. The van der Waals surface area contributed by atoms with Gasteiger partial charge < -0.3 is 9.64 Å². The molecule has 8 nitrogen and oxygen atoms in total. The van der Waals surface area contributed by atoms with Gasteiger partial charge in [-0.15, -0.1) is 0 Å². The van der Waals surface area contributed by atoms with E-state index in [1.165, 1.54) is 13.8 Å². The number of ether oxygens (including phenoxy) is 1. The van der Waals surface area contributed by atoms with E-state index in [2.05, 4.69) is 10.9 Å². The lowest BCUT2D eigenvalue weighted by atomic mass is 9.72. The van der Waals surface area contributed by atoms with Gasteiger partial charge in [0.1, 0.15) is 0 Å². The van der Waals surface area contributed by atoms with Crippen LogP contribution in [-0.4, -0.2) is 48.3 Å². The Balaban J connectivity index is 2.10. The van der Waals surface area contributed by atoms with Crippen LogP contribution in [0, 0.1) is 0 Å². The highest BCUT2D eigenvalue weighted by Gasteiger charge is 2.44. The molecule has 0 radical (unpaired) electrons. The number of likely N-dealkylation sites (tertiary alicyclic amines) is 1. The van der Waals surface area contributed by atoms with Crippen LogP contribution in [0.5, 0.6) is 0 Å².